The number of nitrogens with zero attached hydrogens (tertiary/aromatic N) is 1. The van der Waals surface area contributed by atoms with Crippen molar-refractivity contribution < 1.29 is 8.42 Å². The molecular formula is C13H19ClN2O2S2. The first-order valence-corrected chi connectivity index (χ1v) is 9.72. The van der Waals surface area contributed by atoms with Crippen molar-refractivity contribution in [3.8, 4) is 0 Å². The van der Waals surface area contributed by atoms with Crippen LogP contribution in [0.4, 0.5) is 0 Å². The molecule has 1 heterocycles. The highest BCUT2D eigenvalue weighted by atomic mass is 35.5. The van der Waals surface area contributed by atoms with Crippen LogP contribution in [0, 0.1) is 0 Å². The highest BCUT2D eigenvalue weighted by molar-refractivity contribution is 8.00. The van der Waals surface area contributed by atoms with Crippen molar-refractivity contribution in [1.82, 2.24) is 9.71 Å². The summed E-state index contributed by atoms with van der Waals surface area (Å²) in [6, 6.07) is 1.49. The number of nitrogens with one attached hydrogen (secondary N) is 1. The maximum atomic E-state index is 12.3. The van der Waals surface area contributed by atoms with Crippen LogP contribution in [-0.4, -0.2) is 30.9 Å². The Hall–Kier alpha value is -0.300. The lowest BCUT2D eigenvalue weighted by Gasteiger charge is -2.35. The third-order valence-electron chi connectivity index (χ3n) is 3.81. The maximum Gasteiger partial charge on any atom is 0.243 e. The Bertz CT molecular complexity index is 557. The summed E-state index contributed by atoms with van der Waals surface area (Å²) in [6.07, 6.45) is 10.5. The van der Waals surface area contributed by atoms with E-state index in [0.29, 0.717) is 6.54 Å². The number of pyridine rings is 1. The van der Waals surface area contributed by atoms with Gasteiger partial charge in [-0.05, 0) is 25.2 Å². The summed E-state index contributed by atoms with van der Waals surface area (Å²) in [4.78, 5) is 3.88. The molecule has 1 aromatic heterocycles. The van der Waals surface area contributed by atoms with Crippen LogP contribution in [0.3, 0.4) is 0 Å². The molecule has 20 heavy (non-hydrogen) atoms. The van der Waals surface area contributed by atoms with E-state index < -0.39 is 10.0 Å². The van der Waals surface area contributed by atoms with Gasteiger partial charge in [-0.1, -0.05) is 30.9 Å². The third kappa shape index (κ3) is 3.67. The largest absolute Gasteiger partial charge is 0.263 e. The van der Waals surface area contributed by atoms with E-state index in [0.717, 1.165) is 25.7 Å². The molecule has 1 aliphatic rings. The van der Waals surface area contributed by atoms with Crippen molar-refractivity contribution in [2.75, 3.05) is 12.8 Å². The third-order valence-corrected chi connectivity index (χ3v) is 7.09. The lowest BCUT2D eigenvalue weighted by Crippen LogP contribution is -2.41. The molecule has 0 bridgehead atoms. The second kappa shape index (κ2) is 6.64. The van der Waals surface area contributed by atoms with Crippen LogP contribution in [0.15, 0.2) is 23.4 Å². The van der Waals surface area contributed by atoms with Crippen LogP contribution in [0.25, 0.3) is 0 Å². The van der Waals surface area contributed by atoms with E-state index >= 15 is 0 Å². The zero-order valence-corrected chi connectivity index (χ0v) is 13.8. The van der Waals surface area contributed by atoms with Crippen LogP contribution in [0.1, 0.15) is 32.1 Å². The van der Waals surface area contributed by atoms with Crippen molar-refractivity contribution >= 4 is 33.4 Å². The number of aromatic nitrogens is 1. The lowest BCUT2D eigenvalue weighted by molar-refractivity contribution is 0.395. The first-order chi connectivity index (χ1) is 9.49. The van der Waals surface area contributed by atoms with Gasteiger partial charge in [0.1, 0.15) is 4.90 Å². The quantitative estimate of drug-likeness (QED) is 0.899. The molecule has 0 aliphatic heterocycles. The number of sulfonamides is 1. The van der Waals surface area contributed by atoms with Crippen molar-refractivity contribution in [2.24, 2.45) is 0 Å². The van der Waals surface area contributed by atoms with Gasteiger partial charge in [-0.25, -0.2) is 13.1 Å². The Kier molecular flexibility index (Phi) is 5.34. The van der Waals surface area contributed by atoms with Gasteiger partial charge in [0, 0.05) is 23.7 Å². The highest BCUT2D eigenvalue weighted by Gasteiger charge is 2.33. The maximum absolute atomic E-state index is 12.3. The van der Waals surface area contributed by atoms with Crippen LogP contribution in [-0.2, 0) is 10.0 Å². The first-order valence-electron chi connectivity index (χ1n) is 6.63. The smallest absolute Gasteiger partial charge is 0.243 e. The zero-order valence-electron chi connectivity index (χ0n) is 11.4. The minimum absolute atomic E-state index is 0.0139. The molecule has 0 saturated heterocycles. The molecule has 1 N–H and O–H groups in total. The van der Waals surface area contributed by atoms with E-state index in [1.54, 1.807) is 11.8 Å². The summed E-state index contributed by atoms with van der Waals surface area (Å²) in [6.45, 7) is 0.446. The summed E-state index contributed by atoms with van der Waals surface area (Å²) < 4.78 is 27.3. The standard InChI is InChI=1S/C13H19ClN2O2S2/c1-19-13(6-3-2-4-7-13)10-16-20(17,18)12-9-15-8-5-11(12)14/h5,8-9,16H,2-4,6-7,10H2,1H3. The fraction of sp³-hybridized carbons (Fsp3) is 0.615. The van der Waals surface area contributed by atoms with Crippen molar-refractivity contribution in [3.05, 3.63) is 23.5 Å². The van der Waals surface area contributed by atoms with Crippen molar-refractivity contribution in [3.63, 3.8) is 0 Å². The van der Waals surface area contributed by atoms with Crippen LogP contribution in [0.5, 0.6) is 0 Å². The average Bonchev–Trinajstić information content (AvgIpc) is 2.47. The molecule has 0 spiro atoms. The molecular weight excluding hydrogens is 316 g/mol. The second-order valence-electron chi connectivity index (χ2n) is 5.08. The molecule has 7 heteroatoms. The molecule has 1 fully saturated rings. The number of halogens is 1. The monoisotopic (exact) mass is 334 g/mol. The van der Waals surface area contributed by atoms with Crippen molar-refractivity contribution in [2.45, 2.75) is 41.7 Å². The average molecular weight is 335 g/mol. The molecule has 112 valence electrons. The fourth-order valence-electron chi connectivity index (χ4n) is 2.51. The molecule has 0 aromatic carbocycles. The molecule has 1 aliphatic carbocycles. The van der Waals surface area contributed by atoms with Gasteiger partial charge in [0.05, 0.1) is 5.02 Å². The lowest BCUT2D eigenvalue weighted by atomic mass is 9.88. The van der Waals surface area contributed by atoms with E-state index in [1.165, 1.54) is 24.9 Å². The molecule has 1 aromatic rings. The number of hydrogen-bond donors (Lipinski definition) is 1. The minimum atomic E-state index is -3.60. The number of hydrogen-bond acceptors (Lipinski definition) is 4. The SMILES string of the molecule is CSC1(CNS(=O)(=O)c2cnccc2Cl)CCCCC1. The molecule has 0 radical (unpaired) electrons. The Morgan fingerprint density at radius 1 is 1.40 bits per heavy atom. The fourth-order valence-corrected chi connectivity index (χ4v) is 5.08. The van der Waals surface area contributed by atoms with E-state index in [9.17, 15) is 8.42 Å². The number of thioether (sulfide) groups is 1. The molecule has 0 amide bonds. The summed E-state index contributed by atoms with van der Waals surface area (Å²) in [7, 11) is -3.60. The van der Waals surface area contributed by atoms with Gasteiger partial charge < -0.3 is 0 Å². The summed E-state index contributed by atoms with van der Waals surface area (Å²) in [5, 5.41) is 0.203. The van der Waals surface area contributed by atoms with Gasteiger partial charge in [-0.15, -0.1) is 0 Å². The van der Waals surface area contributed by atoms with Crippen LogP contribution >= 0.6 is 23.4 Å². The second-order valence-corrected chi connectivity index (χ2v) is 8.50. The number of rotatable bonds is 5. The van der Waals surface area contributed by atoms with Gasteiger partial charge in [0.25, 0.3) is 0 Å². The van der Waals surface area contributed by atoms with E-state index in [1.807, 2.05) is 0 Å². The van der Waals surface area contributed by atoms with Crippen molar-refractivity contribution in [1.29, 1.82) is 0 Å². The predicted octanol–water partition coefficient (Wildman–Crippen LogP) is 3.08. The predicted molar refractivity (Wildman–Crippen MR) is 83.8 cm³/mol. The Balaban J connectivity index is 2.11. The molecule has 4 nitrogen and oxygen atoms in total. The highest BCUT2D eigenvalue weighted by Crippen LogP contribution is 2.38. The van der Waals surface area contributed by atoms with E-state index in [-0.39, 0.29) is 14.7 Å². The van der Waals surface area contributed by atoms with Crippen LogP contribution < -0.4 is 4.72 Å². The topological polar surface area (TPSA) is 59.1 Å². The summed E-state index contributed by atoms with van der Waals surface area (Å²) in [5.41, 5.74) is 0. The van der Waals surface area contributed by atoms with Gasteiger partial charge in [0.15, 0.2) is 0 Å². The Labute approximate surface area is 129 Å². The van der Waals surface area contributed by atoms with Gasteiger partial charge >= 0.3 is 0 Å². The summed E-state index contributed by atoms with van der Waals surface area (Å²) in [5.74, 6) is 0. The molecule has 2 rings (SSSR count). The van der Waals surface area contributed by atoms with E-state index in [2.05, 4.69) is 16.0 Å². The van der Waals surface area contributed by atoms with Gasteiger partial charge in [0.2, 0.25) is 10.0 Å². The normalized spacial score (nSPS) is 18.9. The van der Waals surface area contributed by atoms with Gasteiger partial charge in [-0.3, -0.25) is 4.98 Å². The Morgan fingerprint density at radius 2 is 2.10 bits per heavy atom. The molecule has 0 unspecified atom stereocenters. The minimum Gasteiger partial charge on any atom is -0.263 e. The van der Waals surface area contributed by atoms with E-state index in [4.69, 9.17) is 11.6 Å². The Morgan fingerprint density at radius 3 is 2.70 bits per heavy atom. The molecule has 1 saturated carbocycles. The zero-order chi connectivity index (χ0) is 14.6. The first kappa shape index (κ1) is 16.1. The van der Waals surface area contributed by atoms with Gasteiger partial charge in [-0.2, -0.15) is 11.8 Å². The summed E-state index contributed by atoms with van der Waals surface area (Å²) >= 11 is 7.69. The van der Waals surface area contributed by atoms with Crippen LogP contribution in [0.2, 0.25) is 5.02 Å². The molecule has 0 atom stereocenters.